The van der Waals surface area contributed by atoms with Gasteiger partial charge in [-0.15, -0.1) is 0 Å². The number of aromatic nitrogens is 2. The second kappa shape index (κ2) is 7.40. The molecule has 2 heterocycles. The molecule has 2 fully saturated rings. The summed E-state index contributed by atoms with van der Waals surface area (Å²) in [5, 5.41) is 0.222. The normalized spacial score (nSPS) is 22.8. The minimum atomic E-state index is -3.40. The van der Waals surface area contributed by atoms with Gasteiger partial charge in [0.05, 0.1) is 24.2 Å². The lowest BCUT2D eigenvalue weighted by atomic mass is 10.1. The third kappa shape index (κ3) is 3.97. The van der Waals surface area contributed by atoms with Gasteiger partial charge in [0.15, 0.2) is 0 Å². The van der Waals surface area contributed by atoms with Gasteiger partial charge in [-0.05, 0) is 36.7 Å². The number of likely N-dealkylation sites (tertiary alicyclic amines) is 1. The third-order valence-corrected chi connectivity index (χ3v) is 7.79. The lowest BCUT2D eigenvalue weighted by Gasteiger charge is -2.27. The molecule has 27 heavy (non-hydrogen) atoms. The maximum Gasteiger partial charge on any atom is 0.228 e. The SMILES string of the molecule is CC(C)CS(=O)(=O)c1ncc(CN2CC3CCC2C3)n1Cc1ccccc1. The molecular weight excluding hydrogens is 358 g/mol. The predicted octanol–water partition coefficient (Wildman–Crippen LogP) is 3.35. The minimum absolute atomic E-state index is 0.0784. The van der Waals surface area contributed by atoms with Crippen molar-refractivity contribution < 1.29 is 8.42 Å². The van der Waals surface area contributed by atoms with Crippen LogP contribution in [0.3, 0.4) is 0 Å². The average molecular weight is 388 g/mol. The van der Waals surface area contributed by atoms with Gasteiger partial charge in [-0.3, -0.25) is 4.90 Å². The van der Waals surface area contributed by atoms with E-state index in [4.69, 9.17) is 0 Å². The Balaban J connectivity index is 1.66. The first-order chi connectivity index (χ1) is 12.9. The molecule has 0 spiro atoms. The van der Waals surface area contributed by atoms with E-state index >= 15 is 0 Å². The smallest absolute Gasteiger partial charge is 0.228 e. The lowest BCUT2D eigenvalue weighted by Crippen LogP contribution is -2.32. The quantitative estimate of drug-likeness (QED) is 0.731. The van der Waals surface area contributed by atoms with Gasteiger partial charge in [-0.1, -0.05) is 44.2 Å². The van der Waals surface area contributed by atoms with Crippen molar-refractivity contribution in [2.24, 2.45) is 11.8 Å². The number of benzene rings is 1. The maximum atomic E-state index is 12.9. The Bertz CT molecular complexity index is 889. The van der Waals surface area contributed by atoms with Gasteiger partial charge in [0.2, 0.25) is 15.0 Å². The van der Waals surface area contributed by atoms with Crippen molar-refractivity contribution in [3.63, 3.8) is 0 Å². The molecule has 2 unspecified atom stereocenters. The molecule has 2 aromatic rings. The van der Waals surface area contributed by atoms with E-state index in [0.29, 0.717) is 12.6 Å². The summed E-state index contributed by atoms with van der Waals surface area (Å²) < 4.78 is 27.8. The summed E-state index contributed by atoms with van der Waals surface area (Å²) in [5.74, 6) is 1.03. The molecule has 0 radical (unpaired) electrons. The van der Waals surface area contributed by atoms with Crippen molar-refractivity contribution in [1.29, 1.82) is 0 Å². The Morgan fingerprint density at radius 2 is 1.93 bits per heavy atom. The Morgan fingerprint density at radius 1 is 1.15 bits per heavy atom. The number of hydrogen-bond acceptors (Lipinski definition) is 4. The fraction of sp³-hybridized carbons (Fsp3) is 0.571. The van der Waals surface area contributed by atoms with Crippen LogP contribution >= 0.6 is 0 Å². The Hall–Kier alpha value is -1.66. The summed E-state index contributed by atoms with van der Waals surface area (Å²) in [7, 11) is -3.40. The summed E-state index contributed by atoms with van der Waals surface area (Å²) >= 11 is 0. The minimum Gasteiger partial charge on any atom is -0.313 e. The molecule has 1 aromatic heterocycles. The molecule has 2 bridgehead atoms. The molecule has 1 aromatic carbocycles. The van der Waals surface area contributed by atoms with Crippen molar-refractivity contribution >= 4 is 9.84 Å². The van der Waals surface area contributed by atoms with Crippen LogP contribution in [0.5, 0.6) is 0 Å². The van der Waals surface area contributed by atoms with Gasteiger partial charge in [0, 0.05) is 19.1 Å². The van der Waals surface area contributed by atoms with Gasteiger partial charge in [-0.25, -0.2) is 13.4 Å². The highest BCUT2D eigenvalue weighted by atomic mass is 32.2. The Labute approximate surface area is 162 Å². The highest BCUT2D eigenvalue weighted by molar-refractivity contribution is 7.91. The van der Waals surface area contributed by atoms with E-state index in [-0.39, 0.29) is 16.8 Å². The zero-order valence-corrected chi connectivity index (χ0v) is 17.0. The molecule has 2 atom stereocenters. The molecule has 1 saturated heterocycles. The summed E-state index contributed by atoms with van der Waals surface area (Å²) in [4.78, 5) is 6.91. The van der Waals surface area contributed by atoms with Crippen molar-refractivity contribution in [3.05, 3.63) is 47.8 Å². The van der Waals surface area contributed by atoms with Crippen LogP contribution in [0.15, 0.2) is 41.7 Å². The summed E-state index contributed by atoms with van der Waals surface area (Å²) in [6.07, 6.45) is 5.70. The maximum absolute atomic E-state index is 12.9. The first kappa shape index (κ1) is 18.7. The van der Waals surface area contributed by atoms with Crippen LogP contribution in [0.25, 0.3) is 0 Å². The van der Waals surface area contributed by atoms with Crippen molar-refractivity contribution in [3.8, 4) is 0 Å². The van der Waals surface area contributed by atoms with Gasteiger partial charge in [-0.2, -0.15) is 0 Å². The number of nitrogens with zero attached hydrogens (tertiary/aromatic N) is 3. The van der Waals surface area contributed by atoms with E-state index in [1.807, 2.05) is 48.7 Å². The number of piperidine rings is 1. The zero-order valence-electron chi connectivity index (χ0n) is 16.2. The lowest BCUT2D eigenvalue weighted by molar-refractivity contribution is 0.200. The summed E-state index contributed by atoms with van der Waals surface area (Å²) in [6, 6.07) is 10.7. The van der Waals surface area contributed by atoms with Crippen LogP contribution < -0.4 is 0 Å². The molecule has 0 N–H and O–H groups in total. The van der Waals surface area contributed by atoms with Gasteiger partial charge >= 0.3 is 0 Å². The molecular formula is C21H29N3O2S. The molecule has 4 rings (SSSR count). The largest absolute Gasteiger partial charge is 0.313 e. The van der Waals surface area contributed by atoms with Crippen LogP contribution in [-0.4, -0.2) is 41.2 Å². The third-order valence-electron chi connectivity index (χ3n) is 5.80. The number of fused-ring (bicyclic) bond motifs is 2. The van der Waals surface area contributed by atoms with Crippen LogP contribution in [0.4, 0.5) is 0 Å². The second-order valence-electron chi connectivity index (χ2n) is 8.54. The van der Waals surface area contributed by atoms with Crippen molar-refractivity contribution in [1.82, 2.24) is 14.5 Å². The van der Waals surface area contributed by atoms with Gasteiger partial charge in [0.25, 0.3) is 0 Å². The van der Waals surface area contributed by atoms with Crippen LogP contribution in [0.1, 0.15) is 44.4 Å². The predicted molar refractivity (Wildman–Crippen MR) is 106 cm³/mol. The van der Waals surface area contributed by atoms with Crippen molar-refractivity contribution in [2.45, 2.75) is 57.4 Å². The highest BCUT2D eigenvalue weighted by Crippen LogP contribution is 2.38. The van der Waals surface area contributed by atoms with E-state index in [2.05, 4.69) is 9.88 Å². The molecule has 0 amide bonds. The Morgan fingerprint density at radius 3 is 2.56 bits per heavy atom. The van der Waals surface area contributed by atoms with E-state index < -0.39 is 9.84 Å². The summed E-state index contributed by atoms with van der Waals surface area (Å²) in [5.41, 5.74) is 2.11. The number of rotatable bonds is 7. The van der Waals surface area contributed by atoms with Gasteiger partial charge < -0.3 is 4.57 Å². The number of imidazole rings is 1. The fourth-order valence-electron chi connectivity index (χ4n) is 4.64. The molecule has 2 aliphatic rings. The molecule has 1 aliphatic heterocycles. The van der Waals surface area contributed by atoms with Crippen LogP contribution in [0.2, 0.25) is 0 Å². The Kier molecular flexibility index (Phi) is 5.12. The molecule has 1 saturated carbocycles. The molecule has 5 nitrogen and oxygen atoms in total. The highest BCUT2D eigenvalue weighted by Gasteiger charge is 2.38. The molecule has 1 aliphatic carbocycles. The topological polar surface area (TPSA) is 55.2 Å². The first-order valence-electron chi connectivity index (χ1n) is 9.97. The zero-order chi connectivity index (χ0) is 19.0. The standard InChI is InChI=1S/C21H29N3O2S/c1-16(2)15-27(25,26)21-22-11-20(14-23-12-18-8-9-19(23)10-18)24(21)13-17-6-4-3-5-7-17/h3-7,11,16,18-19H,8-10,12-15H2,1-2H3. The summed E-state index contributed by atoms with van der Waals surface area (Å²) in [6.45, 7) is 6.34. The second-order valence-corrected chi connectivity index (χ2v) is 10.5. The van der Waals surface area contributed by atoms with E-state index in [0.717, 1.165) is 30.3 Å². The van der Waals surface area contributed by atoms with E-state index in [1.165, 1.54) is 19.3 Å². The van der Waals surface area contributed by atoms with Crippen LogP contribution in [-0.2, 0) is 22.9 Å². The van der Waals surface area contributed by atoms with Crippen molar-refractivity contribution in [2.75, 3.05) is 12.3 Å². The van der Waals surface area contributed by atoms with E-state index in [1.54, 1.807) is 6.20 Å². The molecule has 6 heteroatoms. The van der Waals surface area contributed by atoms with Crippen LogP contribution in [0, 0.1) is 11.8 Å². The average Bonchev–Trinajstić information content (AvgIpc) is 3.31. The molecule has 146 valence electrons. The number of hydrogen-bond donors (Lipinski definition) is 0. The monoisotopic (exact) mass is 387 g/mol. The van der Waals surface area contributed by atoms with E-state index in [9.17, 15) is 8.42 Å². The van der Waals surface area contributed by atoms with Gasteiger partial charge in [0.1, 0.15) is 0 Å². The fourth-order valence-corrected chi connectivity index (χ4v) is 6.40. The first-order valence-corrected chi connectivity index (χ1v) is 11.6. The number of sulfone groups is 1.